The minimum atomic E-state index is -3.75. The van der Waals surface area contributed by atoms with Crippen molar-refractivity contribution < 1.29 is 17.9 Å². The molecule has 1 aromatic carbocycles. The van der Waals surface area contributed by atoms with Crippen LogP contribution in [-0.4, -0.2) is 40.6 Å². The van der Waals surface area contributed by atoms with Crippen LogP contribution in [0.4, 0.5) is 5.95 Å². The Bertz CT molecular complexity index is 1570. The van der Waals surface area contributed by atoms with E-state index in [9.17, 15) is 8.42 Å². The van der Waals surface area contributed by atoms with Crippen molar-refractivity contribution >= 4 is 27.0 Å². The van der Waals surface area contributed by atoms with E-state index < -0.39 is 10.0 Å². The van der Waals surface area contributed by atoms with E-state index in [1.807, 2.05) is 31.2 Å². The topological polar surface area (TPSA) is 142 Å². The van der Waals surface area contributed by atoms with Gasteiger partial charge in [-0.3, -0.25) is 0 Å². The third-order valence-corrected chi connectivity index (χ3v) is 7.67. The summed E-state index contributed by atoms with van der Waals surface area (Å²) >= 11 is 0. The summed E-state index contributed by atoms with van der Waals surface area (Å²) in [6, 6.07) is 13.8. The lowest BCUT2D eigenvalue weighted by Gasteiger charge is -2.26. The molecule has 6 rings (SSSR count). The second-order valence-corrected chi connectivity index (χ2v) is 11.3. The highest BCUT2D eigenvalue weighted by Crippen LogP contribution is 2.32. The van der Waals surface area contributed by atoms with Gasteiger partial charge in [-0.1, -0.05) is 12.1 Å². The summed E-state index contributed by atoms with van der Waals surface area (Å²) in [5.41, 5.74) is 3.71. The second-order valence-electron chi connectivity index (χ2n) is 9.77. The fraction of sp³-hybridized carbons (Fsp3) is 0.333. The number of ether oxygens (including phenoxy) is 2. The van der Waals surface area contributed by atoms with Gasteiger partial charge in [0, 0.05) is 17.8 Å². The Labute approximate surface area is 220 Å². The van der Waals surface area contributed by atoms with Crippen molar-refractivity contribution in [1.82, 2.24) is 19.9 Å². The molecule has 10 nitrogen and oxygen atoms in total. The molecule has 2 aliphatic rings. The average molecular weight is 533 g/mol. The molecule has 11 heteroatoms. The zero-order chi connectivity index (χ0) is 26.3. The number of nitrogens with one attached hydrogen (secondary N) is 1. The van der Waals surface area contributed by atoms with Crippen LogP contribution in [0.15, 0.2) is 59.6 Å². The number of pyridine rings is 2. The molecule has 0 unspecified atom stereocenters. The summed E-state index contributed by atoms with van der Waals surface area (Å²) in [6.07, 6.45) is 7.42. The summed E-state index contributed by atoms with van der Waals surface area (Å²) in [4.78, 5) is 18.7. The van der Waals surface area contributed by atoms with E-state index in [0.717, 1.165) is 48.9 Å². The zero-order valence-electron chi connectivity index (χ0n) is 20.9. The molecule has 1 atom stereocenters. The number of rotatable bonds is 9. The molecule has 0 saturated heterocycles. The number of sulfonamides is 1. The summed E-state index contributed by atoms with van der Waals surface area (Å²) in [5, 5.41) is 8.51. The second kappa shape index (κ2) is 9.80. The molecule has 3 N–H and O–H groups in total. The van der Waals surface area contributed by atoms with Gasteiger partial charge in [-0.2, -0.15) is 4.98 Å². The van der Waals surface area contributed by atoms with Crippen LogP contribution >= 0.6 is 0 Å². The van der Waals surface area contributed by atoms with Crippen molar-refractivity contribution in [2.24, 2.45) is 5.14 Å². The van der Waals surface area contributed by atoms with Crippen LogP contribution < -0.4 is 19.9 Å². The third kappa shape index (κ3) is 5.39. The fourth-order valence-electron chi connectivity index (χ4n) is 4.12. The molecule has 196 valence electrons. The van der Waals surface area contributed by atoms with Crippen LogP contribution in [0, 0.1) is 0 Å². The smallest absolute Gasteiger partial charge is 0.245 e. The maximum atomic E-state index is 11.6. The summed E-state index contributed by atoms with van der Waals surface area (Å²) in [7, 11) is -3.75. The van der Waals surface area contributed by atoms with Crippen LogP contribution in [-0.2, 0) is 10.0 Å². The molecule has 0 radical (unpaired) electrons. The Kier molecular flexibility index (Phi) is 6.32. The van der Waals surface area contributed by atoms with Gasteiger partial charge in [0.1, 0.15) is 12.2 Å². The first kappa shape index (κ1) is 24.5. The molecule has 0 spiro atoms. The number of hydrogen-bond acceptors (Lipinski definition) is 9. The monoisotopic (exact) mass is 532 g/mol. The van der Waals surface area contributed by atoms with E-state index in [1.165, 1.54) is 12.1 Å². The van der Waals surface area contributed by atoms with Crippen LogP contribution in [0.1, 0.15) is 50.6 Å². The Morgan fingerprint density at radius 1 is 0.921 bits per heavy atom. The lowest BCUT2D eigenvalue weighted by Crippen LogP contribution is -2.25. The average Bonchev–Trinajstić information content (AvgIpc) is 3.70. The van der Waals surface area contributed by atoms with Gasteiger partial charge in [-0.15, -0.1) is 0 Å². The normalized spacial score (nSPS) is 16.6. The lowest BCUT2D eigenvalue weighted by molar-refractivity contribution is 0.116. The van der Waals surface area contributed by atoms with E-state index in [4.69, 9.17) is 19.6 Å². The third-order valence-electron chi connectivity index (χ3n) is 6.74. The number of nitrogens with two attached hydrogens (primary N) is 1. The zero-order valence-corrected chi connectivity index (χ0v) is 21.7. The number of benzene rings is 1. The Morgan fingerprint density at radius 2 is 1.68 bits per heavy atom. The van der Waals surface area contributed by atoms with Crippen molar-refractivity contribution in [2.75, 3.05) is 5.32 Å². The van der Waals surface area contributed by atoms with Crippen molar-refractivity contribution in [3.8, 4) is 23.0 Å². The lowest BCUT2D eigenvalue weighted by atomic mass is 9.96. The minimum Gasteiger partial charge on any atom is -0.474 e. The molecule has 2 fully saturated rings. The Morgan fingerprint density at radius 3 is 2.32 bits per heavy atom. The maximum Gasteiger partial charge on any atom is 0.245 e. The van der Waals surface area contributed by atoms with Crippen LogP contribution in [0.2, 0.25) is 0 Å². The van der Waals surface area contributed by atoms with Gasteiger partial charge < -0.3 is 14.8 Å². The predicted molar refractivity (Wildman–Crippen MR) is 142 cm³/mol. The molecule has 2 aliphatic carbocycles. The first-order chi connectivity index (χ1) is 18.3. The SMILES string of the molecule is C[C@@H](Nc1nc(OC2CCC2)c2nc(-c3ccc(OC4CC4)nc3)ccc2n1)c1ccc(S(N)(=O)=O)cc1. The van der Waals surface area contributed by atoms with Crippen molar-refractivity contribution in [1.29, 1.82) is 0 Å². The molecule has 0 aliphatic heterocycles. The molecule has 0 bridgehead atoms. The number of primary sulfonamides is 1. The van der Waals surface area contributed by atoms with Gasteiger partial charge in [0.2, 0.25) is 27.7 Å². The highest BCUT2D eigenvalue weighted by atomic mass is 32.2. The van der Waals surface area contributed by atoms with Crippen molar-refractivity contribution in [2.45, 2.75) is 62.2 Å². The number of aromatic nitrogens is 4. The number of anilines is 1. The number of hydrogen-bond donors (Lipinski definition) is 2. The summed E-state index contributed by atoms with van der Waals surface area (Å²) in [6.45, 7) is 1.94. The van der Waals surface area contributed by atoms with Crippen LogP contribution in [0.3, 0.4) is 0 Å². The van der Waals surface area contributed by atoms with Crippen molar-refractivity contribution in [3.05, 3.63) is 60.3 Å². The first-order valence-corrected chi connectivity index (χ1v) is 14.2. The van der Waals surface area contributed by atoms with Gasteiger partial charge in [0.25, 0.3) is 0 Å². The maximum absolute atomic E-state index is 11.6. The standard InChI is InChI=1S/C27H28N6O4S/c1-16(17-5-10-21(11-6-17)38(28,34)35)30-27-32-23-13-12-22(18-7-14-24(29-15-18)36-20-8-9-20)31-25(23)26(33-27)37-19-3-2-4-19/h5-7,10-16,19-20H,2-4,8-9H2,1H3,(H2,28,34,35)(H,30,32,33)/t16-/m1/s1. The fourth-order valence-corrected chi connectivity index (χ4v) is 4.64. The molecule has 4 aromatic rings. The molecule has 3 heterocycles. The molecule has 38 heavy (non-hydrogen) atoms. The molecule has 2 saturated carbocycles. The van der Waals surface area contributed by atoms with E-state index >= 15 is 0 Å². The van der Waals surface area contributed by atoms with E-state index in [2.05, 4.69) is 20.3 Å². The summed E-state index contributed by atoms with van der Waals surface area (Å²) in [5.74, 6) is 1.45. The van der Waals surface area contributed by atoms with Gasteiger partial charge in [-0.25, -0.2) is 28.5 Å². The molecule has 0 amide bonds. The first-order valence-electron chi connectivity index (χ1n) is 12.7. The highest BCUT2D eigenvalue weighted by Gasteiger charge is 2.25. The largest absolute Gasteiger partial charge is 0.474 e. The molecular weight excluding hydrogens is 504 g/mol. The minimum absolute atomic E-state index is 0.0637. The highest BCUT2D eigenvalue weighted by molar-refractivity contribution is 7.89. The van der Waals surface area contributed by atoms with E-state index in [-0.39, 0.29) is 17.0 Å². The number of nitrogens with zero attached hydrogens (tertiary/aromatic N) is 4. The predicted octanol–water partition coefficient (Wildman–Crippen LogP) is 4.38. The Balaban J connectivity index is 1.28. The van der Waals surface area contributed by atoms with Crippen LogP contribution in [0.5, 0.6) is 11.8 Å². The van der Waals surface area contributed by atoms with Gasteiger partial charge in [-0.05, 0) is 74.9 Å². The van der Waals surface area contributed by atoms with E-state index in [1.54, 1.807) is 18.3 Å². The van der Waals surface area contributed by atoms with Gasteiger partial charge >= 0.3 is 0 Å². The molecular formula is C27H28N6O4S. The van der Waals surface area contributed by atoms with Gasteiger partial charge in [0.15, 0.2) is 5.52 Å². The number of fused-ring (bicyclic) bond motifs is 1. The molecule has 3 aromatic heterocycles. The van der Waals surface area contributed by atoms with Crippen LogP contribution in [0.25, 0.3) is 22.3 Å². The Hall–Kier alpha value is -3.83. The quantitative estimate of drug-likeness (QED) is 0.321. The van der Waals surface area contributed by atoms with Gasteiger partial charge in [0.05, 0.1) is 22.1 Å². The van der Waals surface area contributed by atoms with Crippen molar-refractivity contribution in [3.63, 3.8) is 0 Å². The van der Waals surface area contributed by atoms with E-state index in [0.29, 0.717) is 34.8 Å². The summed E-state index contributed by atoms with van der Waals surface area (Å²) < 4.78 is 35.1.